The van der Waals surface area contributed by atoms with E-state index in [-0.39, 0.29) is 17.9 Å². The summed E-state index contributed by atoms with van der Waals surface area (Å²) < 4.78 is 0. The molecule has 1 fully saturated rings. The van der Waals surface area contributed by atoms with Crippen LogP contribution in [-0.2, 0) is 16.1 Å². The fourth-order valence-electron chi connectivity index (χ4n) is 5.49. The number of amides is 1. The molecule has 198 valence electrons. The molecule has 1 heterocycles. The Labute approximate surface area is 230 Å². The predicted molar refractivity (Wildman–Crippen MR) is 158 cm³/mol. The van der Waals surface area contributed by atoms with E-state index in [1.807, 2.05) is 86.6 Å². The topological polar surface area (TPSA) is 60.9 Å². The molecule has 1 N–H and O–H groups in total. The normalized spacial score (nSPS) is 16.7. The van der Waals surface area contributed by atoms with Crippen molar-refractivity contribution in [2.75, 3.05) is 18.0 Å². The average Bonchev–Trinajstić information content (AvgIpc) is 3.20. The molecule has 1 saturated heterocycles. The number of hydrogen-bond donors (Lipinski definition) is 1. The highest BCUT2D eigenvalue weighted by Gasteiger charge is 2.46. The lowest BCUT2D eigenvalue weighted by Gasteiger charge is -2.27. The number of fused-ring (bicyclic) bond motifs is 1. The van der Waals surface area contributed by atoms with Crippen LogP contribution in [0, 0.1) is 13.8 Å². The zero-order valence-corrected chi connectivity index (χ0v) is 22.9. The average molecular weight is 519 g/mol. The zero-order chi connectivity index (χ0) is 27.7. The number of likely N-dealkylation sites (tertiary alicyclic amines) is 1. The quantitative estimate of drug-likeness (QED) is 0.164. The lowest BCUT2D eigenvalue weighted by molar-refractivity contribution is -0.140. The highest BCUT2D eigenvalue weighted by Crippen LogP contribution is 2.41. The van der Waals surface area contributed by atoms with Gasteiger partial charge in [-0.3, -0.25) is 9.59 Å². The lowest BCUT2D eigenvalue weighted by Crippen LogP contribution is -2.29. The monoisotopic (exact) mass is 518 g/mol. The van der Waals surface area contributed by atoms with E-state index in [4.69, 9.17) is 0 Å². The summed E-state index contributed by atoms with van der Waals surface area (Å²) in [4.78, 5) is 31.0. The summed E-state index contributed by atoms with van der Waals surface area (Å²) in [5.41, 5.74) is 5.62. The van der Waals surface area contributed by atoms with E-state index in [1.54, 1.807) is 11.0 Å². The Hall–Kier alpha value is -4.38. The van der Waals surface area contributed by atoms with E-state index in [2.05, 4.69) is 24.8 Å². The molecule has 0 saturated carbocycles. The second-order valence-corrected chi connectivity index (χ2v) is 10.2. The maximum atomic E-state index is 13.6. The third-order valence-corrected chi connectivity index (χ3v) is 7.75. The predicted octanol–water partition coefficient (Wildman–Crippen LogP) is 6.92. The second kappa shape index (κ2) is 10.8. The Balaban J connectivity index is 1.65. The number of carbonyl (C=O) groups is 2. The summed E-state index contributed by atoms with van der Waals surface area (Å²) in [6.07, 6.45) is 0. The number of hydrogen-bond acceptors (Lipinski definition) is 4. The van der Waals surface area contributed by atoms with Gasteiger partial charge in [0.1, 0.15) is 5.76 Å². The van der Waals surface area contributed by atoms with Gasteiger partial charge in [0.2, 0.25) is 0 Å². The Bertz CT molecular complexity index is 1580. The van der Waals surface area contributed by atoms with Crippen LogP contribution in [0.1, 0.15) is 47.7 Å². The number of aliphatic hydroxyl groups is 1. The van der Waals surface area contributed by atoms with Crippen molar-refractivity contribution in [3.8, 4) is 0 Å². The fraction of sp³-hybridized carbons (Fsp3) is 0.235. The summed E-state index contributed by atoms with van der Waals surface area (Å²) in [6.45, 7) is 10.3. The van der Waals surface area contributed by atoms with Crippen LogP contribution >= 0.6 is 0 Å². The number of Topliss-reactive ketones (excluding diaryl/α,β-unsaturated/α-hetero) is 1. The van der Waals surface area contributed by atoms with E-state index < -0.39 is 17.7 Å². The Morgan fingerprint density at radius 3 is 2.23 bits per heavy atom. The maximum Gasteiger partial charge on any atom is 0.295 e. The Morgan fingerprint density at radius 2 is 1.54 bits per heavy atom. The molecule has 1 amide bonds. The molecule has 39 heavy (non-hydrogen) atoms. The van der Waals surface area contributed by atoms with Crippen molar-refractivity contribution in [3.05, 3.63) is 118 Å². The maximum absolute atomic E-state index is 13.6. The third kappa shape index (κ3) is 4.92. The minimum Gasteiger partial charge on any atom is -0.507 e. The van der Waals surface area contributed by atoms with Crippen LogP contribution in [0.5, 0.6) is 0 Å². The summed E-state index contributed by atoms with van der Waals surface area (Å²) >= 11 is 0. The molecule has 5 nitrogen and oxygen atoms in total. The van der Waals surface area contributed by atoms with Crippen molar-refractivity contribution in [2.45, 2.75) is 40.3 Å². The zero-order valence-electron chi connectivity index (χ0n) is 22.9. The van der Waals surface area contributed by atoms with Crippen LogP contribution in [0.3, 0.4) is 0 Å². The van der Waals surface area contributed by atoms with Gasteiger partial charge in [-0.15, -0.1) is 0 Å². The molecule has 0 spiro atoms. The smallest absolute Gasteiger partial charge is 0.295 e. The summed E-state index contributed by atoms with van der Waals surface area (Å²) in [5, 5.41) is 13.6. The van der Waals surface area contributed by atoms with E-state index >= 15 is 0 Å². The molecule has 1 aliphatic heterocycles. The molecular formula is C34H34N2O3. The van der Waals surface area contributed by atoms with Crippen LogP contribution in [-0.4, -0.2) is 34.8 Å². The van der Waals surface area contributed by atoms with Gasteiger partial charge in [-0.2, -0.15) is 0 Å². The number of aryl methyl sites for hydroxylation is 2. The number of nitrogens with zero attached hydrogens (tertiary/aromatic N) is 2. The van der Waals surface area contributed by atoms with E-state index in [0.717, 1.165) is 51.8 Å². The Kier molecular flexibility index (Phi) is 7.25. The molecule has 0 aromatic heterocycles. The van der Waals surface area contributed by atoms with E-state index in [9.17, 15) is 14.7 Å². The van der Waals surface area contributed by atoms with Gasteiger partial charge >= 0.3 is 0 Å². The number of aliphatic hydroxyl groups excluding tert-OH is 1. The van der Waals surface area contributed by atoms with Gasteiger partial charge in [0.15, 0.2) is 0 Å². The molecule has 1 atom stereocenters. The van der Waals surface area contributed by atoms with Crippen LogP contribution in [0.25, 0.3) is 16.5 Å². The molecule has 4 aromatic carbocycles. The van der Waals surface area contributed by atoms with Gasteiger partial charge in [0.05, 0.1) is 11.6 Å². The first-order valence-corrected chi connectivity index (χ1v) is 13.5. The fourth-order valence-corrected chi connectivity index (χ4v) is 5.49. The van der Waals surface area contributed by atoms with Crippen molar-refractivity contribution in [1.29, 1.82) is 0 Å². The number of carbonyl (C=O) groups excluding carboxylic acids is 2. The van der Waals surface area contributed by atoms with E-state index in [1.165, 1.54) is 0 Å². The minimum atomic E-state index is -0.706. The molecule has 4 aromatic rings. The summed E-state index contributed by atoms with van der Waals surface area (Å²) in [6, 6.07) is 26.9. The first-order valence-electron chi connectivity index (χ1n) is 13.5. The van der Waals surface area contributed by atoms with Crippen LogP contribution < -0.4 is 4.90 Å². The number of anilines is 1. The molecule has 0 bridgehead atoms. The molecule has 1 unspecified atom stereocenters. The van der Waals surface area contributed by atoms with Crippen LogP contribution in [0.4, 0.5) is 5.69 Å². The van der Waals surface area contributed by atoms with Crippen molar-refractivity contribution < 1.29 is 14.7 Å². The summed E-state index contributed by atoms with van der Waals surface area (Å²) in [7, 11) is 0. The standard InChI is InChI=1S/C34H34N2O3/c1-5-35(6-2)29-17-15-25(16-18-29)31-30(32(37)27-14-13-24-9-7-8-10-26(24)20-27)33(38)34(39)36(31)21-28-19-22(3)11-12-23(28)4/h7-20,31,37H,5-6,21H2,1-4H3/b32-30-. The summed E-state index contributed by atoms with van der Waals surface area (Å²) in [5.74, 6) is -1.42. The molecule has 0 aliphatic carbocycles. The van der Waals surface area contributed by atoms with Crippen molar-refractivity contribution in [1.82, 2.24) is 4.90 Å². The molecular weight excluding hydrogens is 484 g/mol. The van der Waals surface area contributed by atoms with Crippen molar-refractivity contribution in [2.24, 2.45) is 0 Å². The second-order valence-electron chi connectivity index (χ2n) is 10.2. The van der Waals surface area contributed by atoms with Crippen molar-refractivity contribution in [3.63, 3.8) is 0 Å². The van der Waals surface area contributed by atoms with Gasteiger partial charge in [0.25, 0.3) is 11.7 Å². The van der Waals surface area contributed by atoms with Gasteiger partial charge in [-0.1, -0.05) is 72.3 Å². The first-order chi connectivity index (χ1) is 18.8. The van der Waals surface area contributed by atoms with Gasteiger partial charge in [-0.25, -0.2) is 0 Å². The highest BCUT2D eigenvalue weighted by molar-refractivity contribution is 6.46. The molecule has 1 aliphatic rings. The SMILES string of the molecule is CCN(CC)c1ccc(C2/C(=C(/O)c3ccc4ccccc4c3)C(=O)C(=O)N2Cc2cc(C)ccc2C)cc1. The van der Waals surface area contributed by atoms with Gasteiger partial charge < -0.3 is 14.9 Å². The first kappa shape index (κ1) is 26.2. The third-order valence-electron chi connectivity index (χ3n) is 7.75. The molecule has 0 radical (unpaired) electrons. The molecule has 5 heteroatoms. The van der Waals surface area contributed by atoms with Gasteiger partial charge in [0, 0.05) is 30.9 Å². The number of ketones is 1. The highest BCUT2D eigenvalue weighted by atomic mass is 16.3. The van der Waals surface area contributed by atoms with E-state index in [0.29, 0.717) is 5.56 Å². The largest absolute Gasteiger partial charge is 0.507 e. The lowest BCUT2D eigenvalue weighted by atomic mass is 9.94. The molecule has 5 rings (SSSR count). The van der Waals surface area contributed by atoms with Gasteiger partial charge in [-0.05, 0) is 73.4 Å². The van der Waals surface area contributed by atoms with Crippen LogP contribution in [0.2, 0.25) is 0 Å². The minimum absolute atomic E-state index is 0.121. The number of benzene rings is 4. The van der Waals surface area contributed by atoms with Crippen LogP contribution in [0.15, 0.2) is 90.5 Å². The van der Waals surface area contributed by atoms with Crippen molar-refractivity contribution >= 4 is 33.9 Å². The number of rotatable bonds is 7. The Morgan fingerprint density at radius 1 is 0.846 bits per heavy atom.